The van der Waals surface area contributed by atoms with E-state index < -0.39 is 0 Å². The number of hydrogen-bond acceptors (Lipinski definition) is 1. The molecule has 0 aromatic heterocycles. The monoisotopic (exact) mass is 228 g/mol. The van der Waals surface area contributed by atoms with Crippen LogP contribution in [0.25, 0.3) is 0 Å². The van der Waals surface area contributed by atoms with Crippen LogP contribution in [0.1, 0.15) is 25.0 Å². The predicted molar refractivity (Wildman–Crippen MR) is 54.2 cm³/mol. The Morgan fingerprint density at radius 1 is 1.33 bits per heavy atom. The van der Waals surface area contributed by atoms with E-state index >= 15 is 0 Å². The largest absolute Gasteiger partial charge is 0.377 e. The quantitative estimate of drug-likeness (QED) is 0.770. The van der Waals surface area contributed by atoms with Crippen molar-refractivity contribution in [2.24, 2.45) is 0 Å². The molecule has 1 atom stereocenters. The first-order valence-corrected chi connectivity index (χ1v) is 4.85. The summed E-state index contributed by atoms with van der Waals surface area (Å²) in [6, 6.07) is 8.25. The minimum absolute atomic E-state index is 0.234. The van der Waals surface area contributed by atoms with Crippen molar-refractivity contribution >= 4 is 15.9 Å². The number of halogens is 1. The molecule has 1 unspecified atom stereocenters. The molecule has 66 valence electrons. The van der Waals surface area contributed by atoms with Gasteiger partial charge in [0.15, 0.2) is 0 Å². The van der Waals surface area contributed by atoms with Gasteiger partial charge in [-0.05, 0) is 24.1 Å². The van der Waals surface area contributed by atoms with Gasteiger partial charge in [-0.2, -0.15) is 0 Å². The fourth-order valence-corrected chi connectivity index (χ4v) is 1.48. The average molecular weight is 229 g/mol. The van der Waals surface area contributed by atoms with Gasteiger partial charge in [0.25, 0.3) is 0 Å². The van der Waals surface area contributed by atoms with Crippen molar-refractivity contribution in [1.82, 2.24) is 0 Å². The van der Waals surface area contributed by atoms with Gasteiger partial charge in [-0.25, -0.2) is 0 Å². The van der Waals surface area contributed by atoms with Gasteiger partial charge in [0, 0.05) is 11.6 Å². The van der Waals surface area contributed by atoms with Crippen LogP contribution in [0.4, 0.5) is 0 Å². The zero-order valence-electron chi connectivity index (χ0n) is 7.38. The fourth-order valence-electron chi connectivity index (χ4n) is 1.22. The molecule has 0 aliphatic carbocycles. The summed E-state index contributed by atoms with van der Waals surface area (Å²) in [6.07, 6.45) is 1.25. The normalized spacial score (nSPS) is 12.9. The Morgan fingerprint density at radius 2 is 1.92 bits per heavy atom. The third-order valence-corrected chi connectivity index (χ3v) is 2.43. The molecule has 1 nitrogen and oxygen atoms in total. The topological polar surface area (TPSA) is 9.23 Å². The number of methoxy groups -OCH3 is 1. The molecule has 0 radical (unpaired) electrons. The maximum Gasteiger partial charge on any atom is 0.0818 e. The molecular weight excluding hydrogens is 216 g/mol. The van der Waals surface area contributed by atoms with Crippen LogP contribution in [0.15, 0.2) is 28.7 Å². The summed E-state index contributed by atoms with van der Waals surface area (Å²) in [5.41, 5.74) is 1.24. The zero-order chi connectivity index (χ0) is 8.97. The number of benzene rings is 1. The fraction of sp³-hybridized carbons (Fsp3) is 0.400. The summed E-state index contributed by atoms with van der Waals surface area (Å²) >= 11 is 3.40. The molecule has 0 saturated carbocycles. The average Bonchev–Trinajstić information content (AvgIpc) is 2.10. The lowest BCUT2D eigenvalue weighted by Crippen LogP contribution is -1.98. The minimum atomic E-state index is 0.234. The Bertz CT molecular complexity index is 226. The molecule has 1 rings (SSSR count). The van der Waals surface area contributed by atoms with Crippen LogP contribution in [0.3, 0.4) is 0 Å². The van der Waals surface area contributed by atoms with E-state index in [-0.39, 0.29) is 6.10 Å². The summed E-state index contributed by atoms with van der Waals surface area (Å²) in [4.78, 5) is 0. The number of ether oxygens (including phenoxy) is 1. The van der Waals surface area contributed by atoms with Gasteiger partial charge in [0.2, 0.25) is 0 Å². The molecule has 0 spiro atoms. The molecule has 0 fully saturated rings. The van der Waals surface area contributed by atoms with Crippen molar-refractivity contribution in [1.29, 1.82) is 0 Å². The first-order chi connectivity index (χ1) is 5.77. The summed E-state index contributed by atoms with van der Waals surface area (Å²) in [5.74, 6) is 0. The van der Waals surface area contributed by atoms with Crippen molar-refractivity contribution in [3.05, 3.63) is 34.3 Å². The van der Waals surface area contributed by atoms with Crippen molar-refractivity contribution in [3.63, 3.8) is 0 Å². The lowest BCUT2D eigenvalue weighted by atomic mass is 10.1. The van der Waals surface area contributed by atoms with Crippen molar-refractivity contribution < 1.29 is 4.74 Å². The third kappa shape index (κ3) is 2.32. The molecule has 0 N–H and O–H groups in total. The van der Waals surface area contributed by atoms with Crippen LogP contribution in [0.5, 0.6) is 0 Å². The Morgan fingerprint density at radius 3 is 2.33 bits per heavy atom. The van der Waals surface area contributed by atoms with Crippen molar-refractivity contribution in [3.8, 4) is 0 Å². The highest BCUT2D eigenvalue weighted by atomic mass is 79.9. The maximum absolute atomic E-state index is 5.31. The first kappa shape index (κ1) is 9.75. The molecule has 0 aliphatic heterocycles. The van der Waals surface area contributed by atoms with Gasteiger partial charge < -0.3 is 4.74 Å². The van der Waals surface area contributed by atoms with E-state index in [0.29, 0.717) is 0 Å². The molecule has 1 aromatic carbocycles. The van der Waals surface area contributed by atoms with Gasteiger partial charge in [-0.15, -0.1) is 0 Å². The van der Waals surface area contributed by atoms with Gasteiger partial charge in [-0.1, -0.05) is 35.0 Å². The zero-order valence-corrected chi connectivity index (χ0v) is 8.97. The highest BCUT2D eigenvalue weighted by Gasteiger charge is 2.05. The van der Waals surface area contributed by atoms with Gasteiger partial charge >= 0.3 is 0 Å². The molecule has 2 heteroatoms. The molecular formula is C10H13BrO. The molecule has 0 bridgehead atoms. The van der Waals surface area contributed by atoms with Crippen molar-refractivity contribution in [2.75, 3.05) is 7.11 Å². The van der Waals surface area contributed by atoms with Gasteiger partial charge in [0.1, 0.15) is 0 Å². The van der Waals surface area contributed by atoms with Crippen LogP contribution >= 0.6 is 15.9 Å². The highest BCUT2D eigenvalue weighted by Crippen LogP contribution is 2.21. The van der Waals surface area contributed by atoms with Crippen LogP contribution in [-0.2, 0) is 4.74 Å². The molecule has 0 aliphatic rings. The minimum Gasteiger partial charge on any atom is -0.377 e. The maximum atomic E-state index is 5.31. The molecule has 0 saturated heterocycles. The Balaban J connectivity index is 2.80. The number of hydrogen-bond donors (Lipinski definition) is 0. The second kappa shape index (κ2) is 4.63. The Kier molecular flexibility index (Phi) is 3.76. The number of rotatable bonds is 3. The molecule has 1 aromatic rings. The predicted octanol–water partition coefficient (Wildman–Crippen LogP) is 3.55. The third-order valence-electron chi connectivity index (χ3n) is 1.90. The second-order valence-electron chi connectivity index (χ2n) is 2.68. The summed E-state index contributed by atoms with van der Waals surface area (Å²) in [7, 11) is 1.75. The first-order valence-electron chi connectivity index (χ1n) is 4.06. The Labute approximate surface area is 81.9 Å². The van der Waals surface area contributed by atoms with E-state index in [1.54, 1.807) is 7.11 Å². The van der Waals surface area contributed by atoms with Crippen LogP contribution in [0.2, 0.25) is 0 Å². The highest BCUT2D eigenvalue weighted by molar-refractivity contribution is 9.10. The lowest BCUT2D eigenvalue weighted by Gasteiger charge is -2.12. The summed E-state index contributed by atoms with van der Waals surface area (Å²) in [6.45, 7) is 2.12. The van der Waals surface area contributed by atoms with E-state index in [4.69, 9.17) is 4.74 Å². The standard InChI is InChI=1S/C10H13BrO/c1-3-10(12-2)8-4-6-9(11)7-5-8/h4-7,10H,3H2,1-2H3. The van der Waals surface area contributed by atoms with Crippen molar-refractivity contribution in [2.45, 2.75) is 19.4 Å². The van der Waals surface area contributed by atoms with E-state index in [1.165, 1.54) is 5.56 Å². The SMILES string of the molecule is CCC(OC)c1ccc(Br)cc1. The lowest BCUT2D eigenvalue weighted by molar-refractivity contribution is 0.100. The summed E-state index contributed by atoms with van der Waals surface area (Å²) in [5, 5.41) is 0. The Hall–Kier alpha value is -0.340. The molecule has 0 heterocycles. The van der Waals surface area contributed by atoms with Crippen LogP contribution in [-0.4, -0.2) is 7.11 Å². The molecule has 12 heavy (non-hydrogen) atoms. The van der Waals surface area contributed by atoms with Crippen LogP contribution in [0, 0.1) is 0 Å². The second-order valence-corrected chi connectivity index (χ2v) is 3.60. The van der Waals surface area contributed by atoms with E-state index in [2.05, 4.69) is 35.0 Å². The smallest absolute Gasteiger partial charge is 0.0818 e. The molecule has 0 amide bonds. The van der Waals surface area contributed by atoms with Crippen LogP contribution < -0.4 is 0 Å². The van der Waals surface area contributed by atoms with E-state index in [1.807, 2.05) is 12.1 Å². The summed E-state index contributed by atoms with van der Waals surface area (Å²) < 4.78 is 6.42. The van der Waals surface area contributed by atoms with E-state index in [0.717, 1.165) is 10.9 Å². The van der Waals surface area contributed by atoms with Gasteiger partial charge in [0.05, 0.1) is 6.10 Å². The van der Waals surface area contributed by atoms with E-state index in [9.17, 15) is 0 Å². The van der Waals surface area contributed by atoms with Gasteiger partial charge in [-0.3, -0.25) is 0 Å².